The van der Waals surface area contributed by atoms with Gasteiger partial charge in [0.1, 0.15) is 30.0 Å². The Morgan fingerprint density at radius 3 is 2.51 bits per heavy atom. The van der Waals surface area contributed by atoms with Gasteiger partial charge >= 0.3 is 11.9 Å². The molecule has 39 heavy (non-hydrogen) atoms. The highest BCUT2D eigenvalue weighted by Gasteiger charge is 2.99. The molecular weight excluding hydrogens is 496 g/mol. The second kappa shape index (κ2) is 7.74. The Kier molecular flexibility index (Phi) is 4.88. The van der Waals surface area contributed by atoms with Crippen molar-refractivity contribution in [1.82, 2.24) is 0 Å². The molecule has 4 aliphatic heterocycles. The number of benzene rings is 1. The number of ether oxygens (including phenoxy) is 5. The van der Waals surface area contributed by atoms with Crippen LogP contribution in [0.15, 0.2) is 35.4 Å². The first-order chi connectivity index (χ1) is 18.6. The molecular formula is C32H38O7. The predicted molar refractivity (Wildman–Crippen MR) is 140 cm³/mol. The van der Waals surface area contributed by atoms with E-state index in [1.54, 1.807) is 0 Å². The highest BCUT2D eigenvalue weighted by Crippen LogP contribution is 2.80. The lowest BCUT2D eigenvalue weighted by Crippen LogP contribution is -2.67. The number of carbonyl (C=O) groups is 2. The Bertz CT molecular complexity index is 1300. The molecule has 0 radical (unpaired) electrons. The van der Waals surface area contributed by atoms with Crippen LogP contribution in [0.4, 0.5) is 0 Å². The Morgan fingerprint density at radius 2 is 1.79 bits per heavy atom. The number of fused-ring (bicyclic) bond motifs is 4. The Hall–Kier alpha value is -2.22. The highest BCUT2D eigenvalue weighted by atomic mass is 16.8. The molecule has 4 heterocycles. The van der Waals surface area contributed by atoms with Gasteiger partial charge in [-0.3, -0.25) is 4.79 Å². The highest BCUT2D eigenvalue weighted by molar-refractivity contribution is 5.92. The summed E-state index contributed by atoms with van der Waals surface area (Å²) in [5.41, 5.74) is 2.43. The molecule has 208 valence electrons. The van der Waals surface area contributed by atoms with E-state index >= 15 is 0 Å². The van der Waals surface area contributed by atoms with E-state index in [0.717, 1.165) is 36.0 Å². The van der Waals surface area contributed by atoms with Gasteiger partial charge in [0.05, 0.1) is 12.0 Å². The van der Waals surface area contributed by atoms with Crippen LogP contribution in [-0.4, -0.2) is 59.8 Å². The summed E-state index contributed by atoms with van der Waals surface area (Å²) in [4.78, 5) is 26.1. The molecule has 0 N–H and O–H groups in total. The molecule has 7 nitrogen and oxygen atoms in total. The zero-order valence-electron chi connectivity index (χ0n) is 23.4. The first-order valence-electron chi connectivity index (χ1n) is 14.9. The number of cyclic esters (lactones) is 1. The third kappa shape index (κ3) is 2.94. The first-order valence-corrected chi connectivity index (χ1v) is 14.9. The van der Waals surface area contributed by atoms with Crippen molar-refractivity contribution in [1.29, 1.82) is 0 Å². The second-order valence-corrected chi connectivity index (χ2v) is 13.7. The topological polar surface area (TPSA) is 90.2 Å². The third-order valence-corrected chi connectivity index (χ3v) is 11.1. The van der Waals surface area contributed by atoms with Crippen molar-refractivity contribution in [2.45, 2.75) is 107 Å². The third-order valence-electron chi connectivity index (χ3n) is 11.1. The maximum atomic E-state index is 13.8. The number of hydrogen-bond acceptors (Lipinski definition) is 7. The molecule has 0 amide bonds. The summed E-state index contributed by atoms with van der Waals surface area (Å²) in [5.74, 6) is 0.335. The average molecular weight is 535 g/mol. The van der Waals surface area contributed by atoms with E-state index in [2.05, 4.69) is 52.0 Å². The first kappa shape index (κ1) is 24.6. The largest absolute Gasteiger partial charge is 0.458 e. The lowest BCUT2D eigenvalue weighted by atomic mass is 9.53. The Labute approximate surface area is 229 Å². The minimum atomic E-state index is -0.686. The van der Waals surface area contributed by atoms with Gasteiger partial charge in [0, 0.05) is 11.5 Å². The fourth-order valence-electron chi connectivity index (χ4n) is 9.15. The standard InChI is InChI=1S/C32H38O7/c1-15(2)12-18-6-8-19(9-7-18)17(5)27(33)36-29-30(16(3)4)25(38-30)26-31(39-26)23-11-10-20-22(14-35-28(20)34)21(23)13-24-32(29,31)37-24/h6-9,15-17,21,23-26,29H,10-14H2,1-5H3. The van der Waals surface area contributed by atoms with E-state index in [4.69, 9.17) is 23.7 Å². The summed E-state index contributed by atoms with van der Waals surface area (Å²) in [6.07, 6.45) is 2.62. The van der Waals surface area contributed by atoms with E-state index in [9.17, 15) is 9.59 Å². The van der Waals surface area contributed by atoms with Crippen LogP contribution in [0, 0.1) is 23.7 Å². The van der Waals surface area contributed by atoms with Crippen LogP contribution >= 0.6 is 0 Å². The van der Waals surface area contributed by atoms with Crippen molar-refractivity contribution in [3.63, 3.8) is 0 Å². The average Bonchev–Trinajstić information content (AvgIpc) is 3.82. The fourth-order valence-corrected chi connectivity index (χ4v) is 9.15. The Balaban J connectivity index is 1.11. The van der Waals surface area contributed by atoms with Crippen LogP contribution in [0.25, 0.3) is 0 Å². The minimum absolute atomic E-state index is 0.0567. The molecule has 8 rings (SSSR count). The van der Waals surface area contributed by atoms with Crippen molar-refractivity contribution in [2.75, 3.05) is 6.61 Å². The SMILES string of the molecule is CC(C)Cc1ccc(C(C)C(=O)OC2C3(C(C)C)OC3C3OC34C3CCC5=C(COC5=O)C3CC3OC324)cc1. The van der Waals surface area contributed by atoms with Crippen LogP contribution in [0.1, 0.15) is 70.9 Å². The van der Waals surface area contributed by atoms with Gasteiger partial charge < -0.3 is 23.7 Å². The van der Waals surface area contributed by atoms with Crippen molar-refractivity contribution >= 4 is 11.9 Å². The van der Waals surface area contributed by atoms with Gasteiger partial charge in [-0.15, -0.1) is 0 Å². The van der Waals surface area contributed by atoms with Gasteiger partial charge in [0.15, 0.2) is 11.7 Å². The molecule has 0 aromatic heterocycles. The van der Waals surface area contributed by atoms with Crippen LogP contribution in [-0.2, 0) is 39.7 Å². The van der Waals surface area contributed by atoms with E-state index in [1.807, 2.05) is 6.92 Å². The minimum Gasteiger partial charge on any atom is -0.458 e. The van der Waals surface area contributed by atoms with Crippen LogP contribution in [0.5, 0.6) is 0 Å². The van der Waals surface area contributed by atoms with Crippen LogP contribution in [0.2, 0.25) is 0 Å². The maximum Gasteiger partial charge on any atom is 0.334 e. The fraction of sp³-hybridized carbons (Fsp3) is 0.688. The molecule has 2 saturated carbocycles. The smallest absolute Gasteiger partial charge is 0.334 e. The molecule has 10 unspecified atom stereocenters. The molecule has 0 bridgehead atoms. The van der Waals surface area contributed by atoms with Crippen molar-refractivity contribution in [3.8, 4) is 0 Å². The molecule has 1 aromatic carbocycles. The summed E-state index contributed by atoms with van der Waals surface area (Å²) >= 11 is 0. The second-order valence-electron chi connectivity index (χ2n) is 13.7. The molecule has 3 saturated heterocycles. The van der Waals surface area contributed by atoms with Gasteiger partial charge in [-0.05, 0) is 67.1 Å². The lowest BCUT2D eigenvalue weighted by Gasteiger charge is -2.47. The summed E-state index contributed by atoms with van der Waals surface area (Å²) < 4.78 is 31.9. The van der Waals surface area contributed by atoms with Crippen molar-refractivity contribution in [2.24, 2.45) is 23.7 Å². The van der Waals surface area contributed by atoms with Gasteiger partial charge in [-0.2, -0.15) is 0 Å². The van der Waals surface area contributed by atoms with Crippen molar-refractivity contribution < 1.29 is 33.3 Å². The predicted octanol–water partition coefficient (Wildman–Crippen LogP) is 4.27. The lowest BCUT2D eigenvalue weighted by molar-refractivity contribution is -0.167. The zero-order chi connectivity index (χ0) is 27.1. The van der Waals surface area contributed by atoms with E-state index in [0.29, 0.717) is 18.9 Å². The molecule has 3 aliphatic carbocycles. The monoisotopic (exact) mass is 534 g/mol. The van der Waals surface area contributed by atoms with Gasteiger partial charge in [-0.1, -0.05) is 52.0 Å². The molecule has 5 fully saturated rings. The number of esters is 2. The molecule has 7 aliphatic rings. The summed E-state index contributed by atoms with van der Waals surface area (Å²) in [5, 5.41) is 0. The van der Waals surface area contributed by atoms with Crippen LogP contribution in [0.3, 0.4) is 0 Å². The summed E-state index contributed by atoms with van der Waals surface area (Å²) in [7, 11) is 0. The van der Waals surface area contributed by atoms with Gasteiger partial charge in [0.2, 0.25) is 0 Å². The van der Waals surface area contributed by atoms with Crippen LogP contribution < -0.4 is 0 Å². The zero-order valence-corrected chi connectivity index (χ0v) is 23.4. The Morgan fingerprint density at radius 1 is 1.03 bits per heavy atom. The normalized spacial score (nSPS) is 44.8. The quantitative estimate of drug-likeness (QED) is 0.398. The molecule has 1 aromatic rings. The summed E-state index contributed by atoms with van der Waals surface area (Å²) in [6.45, 7) is 11.0. The number of epoxide rings is 3. The molecule has 10 atom stereocenters. The molecule has 7 heteroatoms. The number of rotatable bonds is 6. The van der Waals surface area contributed by atoms with Crippen molar-refractivity contribution in [3.05, 3.63) is 46.5 Å². The van der Waals surface area contributed by atoms with E-state index in [-0.39, 0.29) is 48.0 Å². The maximum absolute atomic E-state index is 13.8. The number of carbonyl (C=O) groups excluding carboxylic acids is 2. The van der Waals surface area contributed by atoms with Gasteiger partial charge in [-0.25, -0.2) is 4.79 Å². The van der Waals surface area contributed by atoms with Gasteiger partial charge in [0.25, 0.3) is 0 Å². The van der Waals surface area contributed by atoms with E-state index in [1.165, 1.54) is 5.56 Å². The summed E-state index contributed by atoms with van der Waals surface area (Å²) in [6, 6.07) is 8.35. The number of hydrogen-bond donors (Lipinski definition) is 0. The molecule has 2 spiro atoms. The van der Waals surface area contributed by atoms with E-state index < -0.39 is 28.8 Å².